The fourth-order valence-electron chi connectivity index (χ4n) is 3.30. The summed E-state index contributed by atoms with van der Waals surface area (Å²) in [7, 11) is -3.70. The smallest absolute Gasteiger partial charge is 0.227 e. The van der Waals surface area contributed by atoms with E-state index in [9.17, 15) is 8.42 Å². The lowest BCUT2D eigenvalue weighted by Crippen LogP contribution is -2.37. The van der Waals surface area contributed by atoms with E-state index >= 15 is 0 Å². The minimum atomic E-state index is -3.70. The Morgan fingerprint density at radius 1 is 1.12 bits per heavy atom. The van der Waals surface area contributed by atoms with E-state index < -0.39 is 9.84 Å². The molecule has 1 aromatic carbocycles. The number of nitrogens with one attached hydrogen (secondary N) is 1. The molecule has 3 heterocycles. The van der Waals surface area contributed by atoms with Crippen molar-refractivity contribution in [3.63, 3.8) is 0 Å². The summed E-state index contributed by atoms with van der Waals surface area (Å²) in [6, 6.07) is 12.4. The van der Waals surface area contributed by atoms with Crippen LogP contribution in [0.4, 0.5) is 0 Å². The second kappa shape index (κ2) is 6.57. The molecule has 4 rings (SSSR count). The van der Waals surface area contributed by atoms with Gasteiger partial charge in [0.2, 0.25) is 14.9 Å². The van der Waals surface area contributed by atoms with E-state index in [1.807, 2.05) is 12.1 Å². The third kappa shape index (κ3) is 3.05. The molecular weight excluding hydrogens is 336 g/mol. The van der Waals surface area contributed by atoms with Gasteiger partial charge in [-0.3, -0.25) is 9.67 Å². The summed E-state index contributed by atoms with van der Waals surface area (Å²) in [5.74, 6) is 0. The number of benzene rings is 1. The molecular formula is C18H20N4O2S. The molecule has 0 unspecified atom stereocenters. The summed E-state index contributed by atoms with van der Waals surface area (Å²) in [6.07, 6.45) is 5.05. The highest BCUT2D eigenvalue weighted by Gasteiger charge is 2.27. The number of piperidine rings is 1. The van der Waals surface area contributed by atoms with Crippen LogP contribution in [-0.2, 0) is 16.4 Å². The van der Waals surface area contributed by atoms with E-state index in [1.54, 1.807) is 41.2 Å². The van der Waals surface area contributed by atoms with Crippen molar-refractivity contribution in [3.05, 3.63) is 48.7 Å². The topological polar surface area (TPSA) is 76.9 Å². The van der Waals surface area contributed by atoms with Gasteiger partial charge < -0.3 is 5.32 Å². The Bertz CT molecular complexity index is 977. The second-order valence-corrected chi connectivity index (χ2v) is 8.19. The molecule has 0 bridgehead atoms. The first-order chi connectivity index (χ1) is 12.2. The van der Waals surface area contributed by atoms with Crippen molar-refractivity contribution >= 4 is 20.9 Å². The van der Waals surface area contributed by atoms with Gasteiger partial charge in [-0.1, -0.05) is 24.6 Å². The van der Waals surface area contributed by atoms with E-state index in [-0.39, 0.29) is 9.92 Å². The monoisotopic (exact) mass is 356 g/mol. The molecule has 0 spiro atoms. The molecule has 130 valence electrons. The number of hydrogen-bond donors (Lipinski definition) is 1. The summed E-state index contributed by atoms with van der Waals surface area (Å²) in [5, 5.41) is 7.97. The predicted molar refractivity (Wildman–Crippen MR) is 95.1 cm³/mol. The van der Waals surface area contributed by atoms with Crippen LogP contribution >= 0.6 is 0 Å². The first kappa shape index (κ1) is 16.2. The third-order valence-corrected chi connectivity index (χ3v) is 6.27. The molecule has 0 aliphatic carbocycles. The highest BCUT2D eigenvalue weighted by Crippen LogP contribution is 2.26. The largest absolute Gasteiger partial charge is 0.312 e. The Labute approximate surface area is 146 Å². The van der Waals surface area contributed by atoms with Crippen molar-refractivity contribution in [2.45, 2.75) is 41.8 Å². The Morgan fingerprint density at radius 2 is 1.96 bits per heavy atom. The molecule has 1 aliphatic heterocycles. The van der Waals surface area contributed by atoms with Gasteiger partial charge in [0.05, 0.1) is 17.0 Å². The molecule has 0 amide bonds. The molecule has 1 fully saturated rings. The molecule has 2 aromatic heterocycles. The first-order valence-electron chi connectivity index (χ1n) is 8.51. The van der Waals surface area contributed by atoms with Crippen molar-refractivity contribution in [2.24, 2.45) is 0 Å². The average Bonchev–Trinajstić information content (AvgIpc) is 3.03. The molecule has 1 saturated heterocycles. The van der Waals surface area contributed by atoms with Crippen molar-refractivity contribution < 1.29 is 8.42 Å². The number of aromatic nitrogens is 3. The van der Waals surface area contributed by atoms with Crippen molar-refractivity contribution in [1.29, 1.82) is 0 Å². The third-order valence-electron chi connectivity index (χ3n) is 4.59. The van der Waals surface area contributed by atoms with E-state index in [2.05, 4.69) is 15.4 Å². The Hall–Kier alpha value is -2.25. The van der Waals surface area contributed by atoms with Crippen LogP contribution in [0.3, 0.4) is 0 Å². The minimum Gasteiger partial charge on any atom is -0.312 e. The number of hydrogen-bond acceptors (Lipinski definition) is 5. The second-order valence-electron chi connectivity index (χ2n) is 6.32. The zero-order chi connectivity index (χ0) is 17.3. The summed E-state index contributed by atoms with van der Waals surface area (Å²) >= 11 is 0. The van der Waals surface area contributed by atoms with E-state index in [4.69, 9.17) is 0 Å². The molecule has 7 heteroatoms. The Kier molecular flexibility index (Phi) is 4.27. The molecule has 1 N–H and O–H groups in total. The van der Waals surface area contributed by atoms with Gasteiger partial charge in [-0.05, 0) is 43.7 Å². The van der Waals surface area contributed by atoms with E-state index in [0.29, 0.717) is 18.1 Å². The molecule has 1 aliphatic rings. The normalized spacial score (nSPS) is 18.5. The number of sulfone groups is 1. The molecule has 1 atom stereocenters. The van der Waals surface area contributed by atoms with Gasteiger partial charge in [0.15, 0.2) is 0 Å². The quantitative estimate of drug-likeness (QED) is 0.777. The maximum absolute atomic E-state index is 13.0. The van der Waals surface area contributed by atoms with Crippen LogP contribution in [0.1, 0.15) is 19.3 Å². The summed E-state index contributed by atoms with van der Waals surface area (Å²) in [5.41, 5.74) is 1.19. The van der Waals surface area contributed by atoms with E-state index in [0.717, 1.165) is 18.5 Å². The first-order valence-corrected chi connectivity index (χ1v) is 9.99. The van der Waals surface area contributed by atoms with Crippen LogP contribution in [0.25, 0.3) is 11.0 Å². The van der Waals surface area contributed by atoms with Crippen LogP contribution in [0, 0.1) is 0 Å². The standard InChI is InChI=1S/C18H20N4O2S/c23-25(24,15-8-2-1-3-9-15)18-17-16(10-6-12-20-17)22(21-18)13-14-7-4-5-11-19-14/h1-3,6,8-10,12,14,19H,4-5,7,11,13H2/t14-/m0/s1. The number of pyridine rings is 1. The van der Waals surface area contributed by atoms with Gasteiger partial charge in [0.25, 0.3) is 0 Å². The van der Waals surface area contributed by atoms with Gasteiger partial charge in [-0.25, -0.2) is 8.42 Å². The maximum atomic E-state index is 13.0. The van der Waals surface area contributed by atoms with Gasteiger partial charge in [-0.15, -0.1) is 0 Å². The van der Waals surface area contributed by atoms with Crippen LogP contribution in [0.5, 0.6) is 0 Å². The summed E-state index contributed by atoms with van der Waals surface area (Å²) in [6.45, 7) is 1.64. The fourth-order valence-corrected chi connectivity index (χ4v) is 4.66. The van der Waals surface area contributed by atoms with Gasteiger partial charge in [-0.2, -0.15) is 5.10 Å². The van der Waals surface area contributed by atoms with Gasteiger partial charge >= 0.3 is 0 Å². The lowest BCUT2D eigenvalue weighted by Gasteiger charge is -2.23. The zero-order valence-corrected chi connectivity index (χ0v) is 14.6. The highest BCUT2D eigenvalue weighted by atomic mass is 32.2. The SMILES string of the molecule is O=S(=O)(c1ccccc1)c1nn(C[C@@H]2CCCCN2)c2cccnc12. The maximum Gasteiger partial charge on any atom is 0.227 e. The zero-order valence-electron chi connectivity index (χ0n) is 13.8. The van der Waals surface area contributed by atoms with Crippen LogP contribution in [0.2, 0.25) is 0 Å². The fraction of sp³-hybridized carbons (Fsp3) is 0.333. The van der Waals surface area contributed by atoms with Crippen molar-refractivity contribution in [1.82, 2.24) is 20.1 Å². The average molecular weight is 356 g/mol. The lowest BCUT2D eigenvalue weighted by molar-refractivity contribution is 0.353. The van der Waals surface area contributed by atoms with Crippen LogP contribution < -0.4 is 5.32 Å². The highest BCUT2D eigenvalue weighted by molar-refractivity contribution is 7.91. The minimum absolute atomic E-state index is 0.0325. The predicted octanol–water partition coefficient (Wildman–Crippen LogP) is 2.41. The Balaban J connectivity index is 1.80. The molecule has 0 saturated carbocycles. The van der Waals surface area contributed by atoms with Crippen molar-refractivity contribution in [2.75, 3.05) is 6.54 Å². The van der Waals surface area contributed by atoms with Crippen LogP contribution in [-0.4, -0.2) is 35.8 Å². The van der Waals surface area contributed by atoms with Gasteiger partial charge in [0.1, 0.15) is 5.52 Å². The molecule has 25 heavy (non-hydrogen) atoms. The van der Waals surface area contributed by atoms with Gasteiger partial charge in [0, 0.05) is 12.2 Å². The summed E-state index contributed by atoms with van der Waals surface area (Å²) < 4.78 is 27.8. The molecule has 0 radical (unpaired) electrons. The lowest BCUT2D eigenvalue weighted by atomic mass is 10.1. The number of nitrogens with zero attached hydrogens (tertiary/aromatic N) is 3. The molecule has 6 nitrogen and oxygen atoms in total. The van der Waals surface area contributed by atoms with Crippen LogP contribution in [0.15, 0.2) is 58.6 Å². The molecule has 3 aromatic rings. The van der Waals surface area contributed by atoms with Crippen molar-refractivity contribution in [3.8, 4) is 0 Å². The summed E-state index contributed by atoms with van der Waals surface area (Å²) in [4.78, 5) is 4.54. The Morgan fingerprint density at radius 3 is 2.72 bits per heavy atom. The number of rotatable bonds is 4. The van der Waals surface area contributed by atoms with E-state index in [1.165, 1.54) is 12.8 Å². The number of fused-ring (bicyclic) bond motifs is 1.